The Morgan fingerprint density at radius 2 is 1.25 bits per heavy atom. The number of carboxylic acid groups (broad SMARTS) is 2. The molecular formula is C18H20F5N3O6. The van der Waals surface area contributed by atoms with Crippen LogP contribution in [0.4, 0.5) is 26.7 Å². The van der Waals surface area contributed by atoms with Crippen LogP contribution in [0.25, 0.3) is 0 Å². The van der Waals surface area contributed by atoms with Crippen molar-refractivity contribution in [1.82, 2.24) is 16.0 Å². The van der Waals surface area contributed by atoms with E-state index in [2.05, 4.69) is 10.6 Å². The number of amides is 3. The van der Waals surface area contributed by atoms with Gasteiger partial charge in [-0.05, 0) is 25.7 Å². The van der Waals surface area contributed by atoms with Gasteiger partial charge in [-0.2, -0.15) is 0 Å². The molecule has 1 aromatic rings. The Bertz CT molecular complexity index is 854. The van der Waals surface area contributed by atoms with Gasteiger partial charge in [0.1, 0.15) is 11.6 Å². The van der Waals surface area contributed by atoms with Crippen molar-refractivity contribution < 1.29 is 51.3 Å². The molecule has 0 saturated carbocycles. The zero-order valence-electron chi connectivity index (χ0n) is 16.4. The number of carboxylic acids is 2. The van der Waals surface area contributed by atoms with Gasteiger partial charge in [-0.1, -0.05) is 0 Å². The Labute approximate surface area is 178 Å². The fraction of sp³-hybridized carbons (Fsp3) is 0.444. The average Bonchev–Trinajstić information content (AvgIpc) is 2.72. The number of rotatable bonds is 12. The van der Waals surface area contributed by atoms with Gasteiger partial charge in [0.15, 0.2) is 23.3 Å². The molecule has 5 N–H and O–H groups in total. The monoisotopic (exact) mass is 468 g/mol. The minimum Gasteiger partial charge on any atom is -0.481 e. The summed E-state index contributed by atoms with van der Waals surface area (Å²) in [6.07, 6.45) is 0.202. The van der Waals surface area contributed by atoms with Gasteiger partial charge in [-0.15, -0.1) is 0 Å². The first-order valence-corrected chi connectivity index (χ1v) is 9.25. The summed E-state index contributed by atoms with van der Waals surface area (Å²) < 4.78 is 66.3. The van der Waals surface area contributed by atoms with Crippen LogP contribution in [0.5, 0.6) is 0 Å². The summed E-state index contributed by atoms with van der Waals surface area (Å²) in [7, 11) is 0. The molecule has 0 spiro atoms. The third-order valence-corrected chi connectivity index (χ3v) is 4.11. The number of carbonyl (C=O) groups excluding carboxylic acids is 2. The zero-order valence-corrected chi connectivity index (χ0v) is 16.4. The van der Waals surface area contributed by atoms with E-state index in [1.54, 1.807) is 0 Å². The van der Waals surface area contributed by atoms with Crippen LogP contribution in [0.3, 0.4) is 0 Å². The lowest BCUT2D eigenvalue weighted by Crippen LogP contribution is -2.46. The highest BCUT2D eigenvalue weighted by Crippen LogP contribution is 2.22. The lowest BCUT2D eigenvalue weighted by molar-refractivity contribution is -0.140. The van der Waals surface area contributed by atoms with Gasteiger partial charge in [-0.25, -0.2) is 31.5 Å². The van der Waals surface area contributed by atoms with Crippen LogP contribution in [-0.4, -0.2) is 53.2 Å². The maximum atomic E-state index is 13.5. The van der Waals surface area contributed by atoms with E-state index in [0.29, 0.717) is 12.8 Å². The maximum absolute atomic E-state index is 13.5. The molecule has 178 valence electrons. The quantitative estimate of drug-likeness (QED) is 0.137. The fourth-order valence-corrected chi connectivity index (χ4v) is 2.46. The first-order valence-electron chi connectivity index (χ1n) is 9.25. The highest BCUT2D eigenvalue weighted by atomic mass is 19.2. The molecule has 0 aliphatic carbocycles. The molecule has 0 fully saturated rings. The molecule has 14 heteroatoms. The molecule has 0 bridgehead atoms. The number of halogens is 5. The van der Waals surface area contributed by atoms with E-state index in [1.807, 2.05) is 5.32 Å². The summed E-state index contributed by atoms with van der Waals surface area (Å²) >= 11 is 0. The number of benzene rings is 1. The van der Waals surface area contributed by atoms with Gasteiger partial charge in [0.2, 0.25) is 5.82 Å². The summed E-state index contributed by atoms with van der Waals surface area (Å²) in [5, 5.41) is 24.0. The summed E-state index contributed by atoms with van der Waals surface area (Å²) in [6, 6.07) is -2.22. The second-order valence-electron chi connectivity index (χ2n) is 6.48. The summed E-state index contributed by atoms with van der Waals surface area (Å²) in [4.78, 5) is 44.8. The molecule has 32 heavy (non-hydrogen) atoms. The minimum absolute atomic E-state index is 0.0860. The van der Waals surface area contributed by atoms with Crippen LogP contribution in [0.2, 0.25) is 0 Å². The molecule has 9 nitrogen and oxygen atoms in total. The standard InChI is InChI=1S/C18H20F5N3O6/c19-11-10(12(20)14(22)15(23)13(11)21)16(29)24-6-2-1-3-7-25-18(32)26-8(17(30)31)4-5-9(27)28/h8H,1-7H2,(H,24,29)(H,27,28)(H,30,31)(H2,25,26,32)/t8-/m0/s1/i23-1. The second-order valence-corrected chi connectivity index (χ2v) is 6.48. The molecule has 0 aliphatic rings. The number of hydrogen-bond acceptors (Lipinski definition) is 4. The van der Waals surface area contributed by atoms with Crippen molar-refractivity contribution in [3.05, 3.63) is 34.6 Å². The third kappa shape index (κ3) is 7.67. The van der Waals surface area contributed by atoms with Gasteiger partial charge < -0.3 is 26.2 Å². The smallest absolute Gasteiger partial charge is 0.326 e. The van der Waals surface area contributed by atoms with Crippen molar-refractivity contribution in [3.63, 3.8) is 0 Å². The highest BCUT2D eigenvalue weighted by Gasteiger charge is 2.29. The number of unbranched alkanes of at least 4 members (excludes halogenated alkanes) is 2. The average molecular weight is 468 g/mol. The van der Waals surface area contributed by atoms with Crippen LogP contribution >= 0.6 is 0 Å². The summed E-state index contributed by atoms with van der Waals surface area (Å²) in [5.74, 6) is -15.4. The number of carbonyl (C=O) groups is 4. The lowest BCUT2D eigenvalue weighted by atomic mass is 10.1. The maximum Gasteiger partial charge on any atom is 0.326 e. The molecule has 0 radical (unpaired) electrons. The van der Waals surface area contributed by atoms with E-state index in [4.69, 9.17) is 10.2 Å². The zero-order chi connectivity index (χ0) is 24.4. The van der Waals surface area contributed by atoms with Crippen LogP contribution in [0.1, 0.15) is 42.5 Å². The third-order valence-electron chi connectivity index (χ3n) is 4.11. The fourth-order valence-electron chi connectivity index (χ4n) is 2.46. The van der Waals surface area contributed by atoms with E-state index in [0.717, 1.165) is 0 Å². The number of hydrogen-bond donors (Lipinski definition) is 5. The van der Waals surface area contributed by atoms with Crippen molar-refractivity contribution >= 4 is 23.9 Å². The summed E-state index contributed by atoms with van der Waals surface area (Å²) in [5.41, 5.74) is -1.59. The second kappa shape index (κ2) is 12.4. The molecule has 3 amide bonds. The molecule has 0 saturated heterocycles. The first kappa shape index (κ1) is 26.6. The van der Waals surface area contributed by atoms with Gasteiger partial charge in [-0.3, -0.25) is 9.59 Å². The molecule has 1 aromatic carbocycles. The van der Waals surface area contributed by atoms with Gasteiger partial charge in [0.25, 0.3) is 5.91 Å². The SMILES string of the molecule is O=C(O)CC[C@H](NC(=O)NCCCCCNC(=O)c1c(F)c(F)c([18F])c(F)c1F)C(=O)O. The van der Waals surface area contributed by atoms with Crippen molar-refractivity contribution in [3.8, 4) is 0 Å². The Morgan fingerprint density at radius 1 is 0.750 bits per heavy atom. The summed E-state index contributed by atoms with van der Waals surface area (Å²) in [6.45, 7) is -0.0660. The van der Waals surface area contributed by atoms with Crippen LogP contribution in [0.15, 0.2) is 0 Å². The van der Waals surface area contributed by atoms with Gasteiger partial charge in [0.05, 0.1) is 0 Å². The van der Waals surface area contributed by atoms with Crippen LogP contribution in [-0.2, 0) is 9.59 Å². The Kier molecular flexibility index (Phi) is 10.3. The van der Waals surface area contributed by atoms with Gasteiger partial charge in [0, 0.05) is 19.5 Å². The number of urea groups is 1. The van der Waals surface area contributed by atoms with Crippen molar-refractivity contribution in [2.45, 2.75) is 38.1 Å². The number of aliphatic carboxylic acids is 2. The lowest BCUT2D eigenvalue weighted by Gasteiger charge is -2.14. The van der Waals surface area contributed by atoms with Crippen molar-refractivity contribution in [2.24, 2.45) is 0 Å². The molecule has 0 heterocycles. The predicted molar refractivity (Wildman–Crippen MR) is 97.2 cm³/mol. The minimum atomic E-state index is -2.37. The topological polar surface area (TPSA) is 145 Å². The largest absolute Gasteiger partial charge is 0.481 e. The molecular weight excluding hydrogens is 448 g/mol. The molecule has 1 atom stereocenters. The van der Waals surface area contributed by atoms with E-state index in [9.17, 15) is 41.1 Å². The van der Waals surface area contributed by atoms with Crippen LogP contribution < -0.4 is 16.0 Å². The van der Waals surface area contributed by atoms with E-state index in [-0.39, 0.29) is 25.9 Å². The molecule has 0 aromatic heterocycles. The predicted octanol–water partition coefficient (Wildman–Crippen LogP) is 1.90. The van der Waals surface area contributed by atoms with Crippen molar-refractivity contribution in [2.75, 3.05) is 13.1 Å². The Balaban J connectivity index is 2.35. The van der Waals surface area contributed by atoms with E-state index in [1.165, 1.54) is 0 Å². The highest BCUT2D eigenvalue weighted by molar-refractivity contribution is 5.94. The Morgan fingerprint density at radius 3 is 1.75 bits per heavy atom. The van der Waals surface area contributed by atoms with Crippen LogP contribution in [0, 0.1) is 29.1 Å². The Hall–Kier alpha value is -3.45. The van der Waals surface area contributed by atoms with Gasteiger partial charge >= 0.3 is 18.0 Å². The molecule has 0 aliphatic heterocycles. The van der Waals surface area contributed by atoms with E-state index < -0.39 is 71.0 Å². The first-order chi connectivity index (χ1) is 15.0. The number of nitrogens with one attached hydrogen (secondary N) is 3. The molecule has 1 rings (SSSR count). The normalized spacial score (nSPS) is 11.5. The van der Waals surface area contributed by atoms with E-state index >= 15 is 0 Å². The van der Waals surface area contributed by atoms with Crippen molar-refractivity contribution in [1.29, 1.82) is 0 Å². The molecule has 0 unspecified atom stereocenters.